The third kappa shape index (κ3) is 6.47. The van der Waals surface area contributed by atoms with E-state index in [4.69, 9.17) is 21.0 Å². The predicted octanol–water partition coefficient (Wildman–Crippen LogP) is 6.91. The summed E-state index contributed by atoms with van der Waals surface area (Å²) >= 11 is 2.97. The lowest BCUT2D eigenvalue weighted by Gasteiger charge is -2.30. The van der Waals surface area contributed by atoms with Crippen LogP contribution in [0.4, 0.5) is 16.8 Å². The number of nitrogens with zero attached hydrogens (tertiary/aromatic N) is 5. The molecule has 3 aromatic heterocycles. The van der Waals surface area contributed by atoms with Gasteiger partial charge in [-0.15, -0.1) is 16.3 Å². The Morgan fingerprint density at radius 1 is 1.13 bits per heavy atom. The molecule has 1 N–H and O–H groups in total. The number of amides is 1. The average Bonchev–Trinajstić information content (AvgIpc) is 3.43. The van der Waals surface area contributed by atoms with Crippen LogP contribution in [0.5, 0.6) is 17.2 Å². The second-order valence-corrected chi connectivity index (χ2v) is 10.8. The molecule has 4 heterocycles. The highest BCUT2D eigenvalue weighted by atomic mass is 32.2. The fourth-order valence-corrected chi connectivity index (χ4v) is 5.84. The second-order valence-electron chi connectivity index (χ2n) is 8.83. The number of hydrogen-bond acceptors (Lipinski definition) is 9. The lowest BCUT2D eigenvalue weighted by atomic mass is 9.94. The van der Waals surface area contributed by atoms with Crippen molar-refractivity contribution in [3.8, 4) is 17.2 Å². The van der Waals surface area contributed by atoms with Crippen molar-refractivity contribution in [2.45, 2.75) is 35.5 Å². The van der Waals surface area contributed by atoms with Crippen molar-refractivity contribution in [1.29, 1.82) is 0 Å². The molecule has 1 aliphatic heterocycles. The molecular formula is C28H26N6O3S2. The number of nitrogens with one attached hydrogen (secondary N) is 1. The smallest absolute Gasteiger partial charge is 0.311 e. The number of likely N-dealkylation sites (tertiary alicyclic amines) is 1. The van der Waals surface area contributed by atoms with Crippen LogP contribution in [0.3, 0.4) is 0 Å². The van der Waals surface area contributed by atoms with Gasteiger partial charge in [-0.05, 0) is 31.0 Å². The highest BCUT2D eigenvalue weighted by Gasteiger charge is 2.24. The molecule has 11 heteroatoms. The number of hydrogen-bond donors (Lipinski definition) is 1. The van der Waals surface area contributed by atoms with Gasteiger partial charge in [0.05, 0.1) is 17.7 Å². The van der Waals surface area contributed by atoms with E-state index in [1.54, 1.807) is 25.4 Å². The van der Waals surface area contributed by atoms with Crippen molar-refractivity contribution in [3.05, 3.63) is 77.3 Å². The molecular weight excluding hydrogens is 532 g/mol. The molecule has 5 rings (SSSR count). The van der Waals surface area contributed by atoms with Crippen LogP contribution in [-0.2, 0) is 4.79 Å². The normalized spacial score (nSPS) is 13.5. The highest BCUT2D eigenvalue weighted by molar-refractivity contribution is 7.99. The molecule has 1 aliphatic rings. The molecule has 0 atom stereocenters. The summed E-state index contributed by atoms with van der Waals surface area (Å²) in [4.78, 5) is 32.3. The molecule has 9 nitrogen and oxygen atoms in total. The molecule has 0 aliphatic carbocycles. The fraction of sp³-hybridized carbons (Fsp3) is 0.250. The highest BCUT2D eigenvalue weighted by Crippen LogP contribution is 2.39. The number of piperidine rings is 1. The van der Waals surface area contributed by atoms with E-state index in [-0.39, 0.29) is 11.7 Å². The maximum Gasteiger partial charge on any atom is 0.311 e. The zero-order valence-corrected chi connectivity index (χ0v) is 23.1. The van der Waals surface area contributed by atoms with E-state index in [1.165, 1.54) is 30.2 Å². The zero-order valence-electron chi connectivity index (χ0n) is 21.5. The van der Waals surface area contributed by atoms with Crippen LogP contribution in [0.25, 0.3) is 4.85 Å². The Balaban J connectivity index is 1.36. The Morgan fingerprint density at radius 3 is 2.54 bits per heavy atom. The lowest BCUT2D eigenvalue weighted by molar-refractivity contribution is -0.129. The van der Waals surface area contributed by atoms with Gasteiger partial charge in [0.2, 0.25) is 5.91 Å². The Kier molecular flexibility index (Phi) is 8.24. The molecule has 39 heavy (non-hydrogen) atoms. The number of anilines is 2. The molecule has 4 aromatic rings. The first-order valence-electron chi connectivity index (χ1n) is 12.3. The molecule has 1 saturated heterocycles. The number of ether oxygens (including phenoxy) is 2. The Hall–Kier alpha value is -4.14. The van der Waals surface area contributed by atoms with Crippen LogP contribution in [-0.4, -0.2) is 46.0 Å². The summed E-state index contributed by atoms with van der Waals surface area (Å²) in [5, 5.41) is 6.14. The minimum Gasteiger partial charge on any atom is -0.506 e. The van der Waals surface area contributed by atoms with Crippen molar-refractivity contribution >= 4 is 45.8 Å². The molecule has 1 amide bonds. The van der Waals surface area contributed by atoms with Gasteiger partial charge >= 0.3 is 5.82 Å². The Bertz CT molecular complexity index is 1500. The van der Waals surface area contributed by atoms with E-state index in [0.29, 0.717) is 29.0 Å². The molecule has 0 bridgehead atoms. The fourth-order valence-electron chi connectivity index (χ4n) is 4.24. The van der Waals surface area contributed by atoms with Crippen LogP contribution in [0, 0.1) is 6.57 Å². The topological polar surface area (TPSA) is 93.8 Å². The quantitative estimate of drug-likeness (QED) is 0.233. The zero-order chi connectivity index (χ0) is 27.2. The number of rotatable bonds is 8. The monoisotopic (exact) mass is 558 g/mol. The molecule has 0 saturated carbocycles. The van der Waals surface area contributed by atoms with Crippen LogP contribution in [0.1, 0.15) is 31.4 Å². The van der Waals surface area contributed by atoms with E-state index in [2.05, 4.69) is 25.5 Å². The summed E-state index contributed by atoms with van der Waals surface area (Å²) in [5.74, 6) is 2.90. The van der Waals surface area contributed by atoms with E-state index in [1.807, 2.05) is 41.3 Å². The maximum atomic E-state index is 11.7. The number of carbonyl (C=O) groups excluding carboxylic acids is 1. The predicted molar refractivity (Wildman–Crippen MR) is 152 cm³/mol. The van der Waals surface area contributed by atoms with E-state index >= 15 is 0 Å². The largest absolute Gasteiger partial charge is 0.506 e. The number of pyridine rings is 2. The maximum absolute atomic E-state index is 11.7. The van der Waals surface area contributed by atoms with Gasteiger partial charge in [0.1, 0.15) is 17.7 Å². The van der Waals surface area contributed by atoms with Crippen molar-refractivity contribution in [2.24, 2.45) is 0 Å². The van der Waals surface area contributed by atoms with Crippen LogP contribution in [0.2, 0.25) is 0 Å². The van der Waals surface area contributed by atoms with Crippen molar-refractivity contribution < 1.29 is 14.3 Å². The van der Waals surface area contributed by atoms with Crippen LogP contribution in [0.15, 0.2) is 70.0 Å². The number of methoxy groups -OCH3 is 1. The number of carbonyl (C=O) groups is 1. The van der Waals surface area contributed by atoms with Crippen molar-refractivity contribution in [1.82, 2.24) is 19.9 Å². The average molecular weight is 559 g/mol. The van der Waals surface area contributed by atoms with Gasteiger partial charge in [-0.25, -0.2) is 9.97 Å². The number of benzene rings is 1. The third-order valence-electron chi connectivity index (χ3n) is 6.27. The standard InChI is InChI=1S/C28H26N6O3S2/c1-18(35)34-11-9-19(10-12-34)23-17-38-28(32-23)33-27-25(37-20-7-5-4-6-8-20)14-22(16-31-27)39-21-13-24(36-3)26(29-2)30-15-21/h4-8,13-17,19H,9-12H2,1,3H3,(H,31,32,33). The molecule has 0 spiro atoms. The van der Waals surface area contributed by atoms with Gasteiger partial charge in [-0.3, -0.25) is 4.79 Å². The number of thiazole rings is 1. The summed E-state index contributed by atoms with van der Waals surface area (Å²) in [5.41, 5.74) is 1.03. The Labute approximate surface area is 235 Å². The molecule has 0 unspecified atom stereocenters. The molecule has 1 aromatic carbocycles. The minimum absolute atomic E-state index is 0.128. The first-order valence-corrected chi connectivity index (χ1v) is 14.0. The number of aromatic nitrogens is 3. The minimum atomic E-state index is 0.128. The van der Waals surface area contributed by atoms with Gasteiger partial charge in [-0.2, -0.15) is 0 Å². The van der Waals surface area contributed by atoms with Gasteiger partial charge in [-0.1, -0.05) is 36.5 Å². The number of para-hydroxylation sites is 1. The lowest BCUT2D eigenvalue weighted by Crippen LogP contribution is -2.36. The Morgan fingerprint density at radius 2 is 1.85 bits per heavy atom. The van der Waals surface area contributed by atoms with E-state index in [9.17, 15) is 4.79 Å². The van der Waals surface area contributed by atoms with Gasteiger partial charge in [0, 0.05) is 48.5 Å². The van der Waals surface area contributed by atoms with Gasteiger partial charge in [0.25, 0.3) is 0 Å². The van der Waals surface area contributed by atoms with E-state index in [0.717, 1.165) is 46.5 Å². The molecule has 198 valence electrons. The summed E-state index contributed by atoms with van der Waals surface area (Å²) < 4.78 is 11.5. The van der Waals surface area contributed by atoms with Crippen LogP contribution >= 0.6 is 23.1 Å². The SMILES string of the molecule is [C-]#[N+]c1ncc(Sc2cnc(Nc3nc(C4CCN(C(C)=O)CC4)cs3)c(Oc3ccccc3)c2)cc1OC. The molecule has 1 fully saturated rings. The summed E-state index contributed by atoms with van der Waals surface area (Å²) in [6.07, 6.45) is 5.21. The first-order chi connectivity index (χ1) is 19.0. The first kappa shape index (κ1) is 26.5. The van der Waals surface area contributed by atoms with Crippen molar-refractivity contribution in [2.75, 3.05) is 25.5 Å². The van der Waals surface area contributed by atoms with Gasteiger partial charge in [0.15, 0.2) is 16.7 Å². The molecule has 0 radical (unpaired) electrons. The van der Waals surface area contributed by atoms with Gasteiger partial charge < -0.3 is 24.5 Å². The van der Waals surface area contributed by atoms with E-state index < -0.39 is 0 Å². The van der Waals surface area contributed by atoms with Crippen LogP contribution < -0.4 is 14.8 Å². The summed E-state index contributed by atoms with van der Waals surface area (Å²) in [7, 11) is 1.52. The summed E-state index contributed by atoms with van der Waals surface area (Å²) in [6, 6.07) is 13.2. The van der Waals surface area contributed by atoms with Crippen molar-refractivity contribution in [3.63, 3.8) is 0 Å². The third-order valence-corrected chi connectivity index (χ3v) is 7.97. The summed E-state index contributed by atoms with van der Waals surface area (Å²) in [6.45, 7) is 10.4. The second kappa shape index (κ2) is 12.1.